The molecule has 1 aromatic heterocycles. The molecule has 3 aromatic rings. The van der Waals surface area contributed by atoms with E-state index in [0.29, 0.717) is 17.4 Å². The maximum atomic E-state index is 13.4. The molecule has 154 valence electrons. The molecule has 5 rings (SSSR count). The Bertz CT molecular complexity index is 1030. The monoisotopic (exact) mass is 404 g/mol. The maximum absolute atomic E-state index is 13.4. The minimum absolute atomic E-state index is 0.253. The van der Waals surface area contributed by atoms with E-state index in [9.17, 15) is 9.18 Å². The van der Waals surface area contributed by atoms with Gasteiger partial charge in [-0.05, 0) is 55.0 Å². The summed E-state index contributed by atoms with van der Waals surface area (Å²) < 4.78 is 15.3. The van der Waals surface area contributed by atoms with Crippen molar-refractivity contribution in [3.63, 3.8) is 0 Å². The van der Waals surface area contributed by atoms with E-state index in [1.54, 1.807) is 24.4 Å². The van der Waals surface area contributed by atoms with Crippen molar-refractivity contribution in [1.29, 1.82) is 0 Å². The third-order valence-electron chi connectivity index (χ3n) is 6.39. The van der Waals surface area contributed by atoms with Crippen LogP contribution >= 0.6 is 0 Å². The number of fused-ring (bicyclic) bond motifs is 1. The first-order valence-electron chi connectivity index (χ1n) is 10.6. The first kappa shape index (κ1) is 19.0. The Morgan fingerprint density at radius 3 is 2.40 bits per heavy atom. The molecule has 2 aromatic carbocycles. The second kappa shape index (κ2) is 8.03. The van der Waals surface area contributed by atoms with Crippen molar-refractivity contribution in [2.45, 2.75) is 37.8 Å². The van der Waals surface area contributed by atoms with Gasteiger partial charge in [0.05, 0.1) is 12.2 Å². The van der Waals surface area contributed by atoms with E-state index >= 15 is 0 Å². The molecule has 0 unspecified atom stereocenters. The van der Waals surface area contributed by atoms with Crippen LogP contribution in [0.2, 0.25) is 0 Å². The predicted molar refractivity (Wildman–Crippen MR) is 114 cm³/mol. The summed E-state index contributed by atoms with van der Waals surface area (Å²) >= 11 is 0. The van der Waals surface area contributed by atoms with Crippen LogP contribution in [0.3, 0.4) is 0 Å². The number of piperidine rings is 1. The van der Waals surface area contributed by atoms with Crippen molar-refractivity contribution in [1.82, 2.24) is 14.7 Å². The Morgan fingerprint density at radius 1 is 0.967 bits per heavy atom. The van der Waals surface area contributed by atoms with Gasteiger partial charge >= 0.3 is 0 Å². The number of hydrogen-bond donors (Lipinski definition) is 1. The Balaban J connectivity index is 1.21. The lowest BCUT2D eigenvalue weighted by atomic mass is 10.0. The van der Waals surface area contributed by atoms with Gasteiger partial charge in [0.1, 0.15) is 11.6 Å². The van der Waals surface area contributed by atoms with E-state index in [2.05, 4.69) is 39.6 Å². The summed E-state index contributed by atoms with van der Waals surface area (Å²) in [5, 5.41) is 7.36. The average molecular weight is 404 g/mol. The second-order valence-corrected chi connectivity index (χ2v) is 8.22. The third kappa shape index (κ3) is 3.75. The molecule has 6 heteroatoms. The van der Waals surface area contributed by atoms with Gasteiger partial charge in [-0.2, -0.15) is 5.10 Å². The van der Waals surface area contributed by atoms with E-state index in [1.165, 1.54) is 23.3 Å². The number of amides is 1. The minimum Gasteiger partial charge on any atom is -0.307 e. The van der Waals surface area contributed by atoms with Crippen LogP contribution in [-0.2, 0) is 12.8 Å². The third-order valence-corrected chi connectivity index (χ3v) is 6.39. The zero-order chi connectivity index (χ0) is 20.5. The van der Waals surface area contributed by atoms with Gasteiger partial charge in [-0.15, -0.1) is 0 Å². The normalized spacial score (nSPS) is 17.8. The van der Waals surface area contributed by atoms with Crippen LogP contribution in [0, 0.1) is 5.82 Å². The number of anilines is 1. The summed E-state index contributed by atoms with van der Waals surface area (Å²) in [5.74, 6) is -0.0778. The molecule has 5 nitrogen and oxygen atoms in total. The fourth-order valence-corrected chi connectivity index (χ4v) is 4.81. The van der Waals surface area contributed by atoms with E-state index in [1.807, 2.05) is 4.68 Å². The van der Waals surface area contributed by atoms with Crippen molar-refractivity contribution >= 4 is 11.7 Å². The van der Waals surface area contributed by atoms with E-state index in [4.69, 9.17) is 0 Å². The molecule has 1 aliphatic carbocycles. The Labute approximate surface area is 175 Å². The Hall–Kier alpha value is -2.99. The van der Waals surface area contributed by atoms with Gasteiger partial charge in [0.25, 0.3) is 5.91 Å². The summed E-state index contributed by atoms with van der Waals surface area (Å²) in [5.41, 5.74) is 3.27. The number of nitrogens with one attached hydrogen (secondary N) is 1. The fraction of sp³-hybridized carbons (Fsp3) is 0.333. The number of carbonyl (C=O) groups excluding carboxylic acids is 1. The van der Waals surface area contributed by atoms with Crippen molar-refractivity contribution in [2.75, 3.05) is 18.4 Å². The van der Waals surface area contributed by atoms with E-state index < -0.39 is 5.82 Å². The first-order valence-corrected chi connectivity index (χ1v) is 10.6. The molecule has 0 spiro atoms. The molecule has 1 N–H and O–H groups in total. The topological polar surface area (TPSA) is 50.2 Å². The van der Waals surface area contributed by atoms with Gasteiger partial charge in [-0.3, -0.25) is 9.69 Å². The highest BCUT2D eigenvalue weighted by atomic mass is 19.1. The van der Waals surface area contributed by atoms with E-state index in [-0.39, 0.29) is 11.9 Å². The molecule has 2 heterocycles. The highest BCUT2D eigenvalue weighted by molar-refractivity contribution is 6.03. The highest BCUT2D eigenvalue weighted by Gasteiger charge is 2.31. The summed E-state index contributed by atoms with van der Waals surface area (Å²) in [6, 6.07) is 17.1. The summed E-state index contributed by atoms with van der Waals surface area (Å²) in [4.78, 5) is 15.1. The summed E-state index contributed by atoms with van der Waals surface area (Å²) in [6.45, 7) is 2.06. The molecule has 1 saturated heterocycles. The quantitative estimate of drug-likeness (QED) is 0.713. The smallest absolute Gasteiger partial charge is 0.256 e. The van der Waals surface area contributed by atoms with E-state index in [0.717, 1.165) is 38.8 Å². The van der Waals surface area contributed by atoms with Crippen LogP contribution in [0.1, 0.15) is 40.4 Å². The number of halogens is 1. The number of carbonyl (C=O) groups is 1. The van der Waals surface area contributed by atoms with Crippen molar-refractivity contribution in [3.8, 4) is 0 Å². The molecule has 1 amide bonds. The molecule has 0 bridgehead atoms. The zero-order valence-electron chi connectivity index (χ0n) is 16.8. The fourth-order valence-electron chi connectivity index (χ4n) is 4.81. The Morgan fingerprint density at radius 2 is 1.70 bits per heavy atom. The van der Waals surface area contributed by atoms with Gasteiger partial charge in [-0.25, -0.2) is 9.07 Å². The second-order valence-electron chi connectivity index (χ2n) is 8.22. The van der Waals surface area contributed by atoms with Crippen LogP contribution in [0.15, 0.2) is 60.8 Å². The standard InChI is InChI=1S/C24H25FN4O/c25-20-7-3-6-19(14-20)24(30)27-23-8-11-26-29(23)21-9-12-28(13-10-21)22-15-17-4-1-2-5-18(17)16-22/h1-8,11,14,21-22H,9-10,12-13,15-16H2,(H,27,30). The Kier molecular flexibility index (Phi) is 5.09. The largest absolute Gasteiger partial charge is 0.307 e. The van der Waals surface area contributed by atoms with Gasteiger partial charge in [-0.1, -0.05) is 30.3 Å². The summed E-state index contributed by atoms with van der Waals surface area (Å²) in [7, 11) is 0. The van der Waals surface area contributed by atoms with Gasteiger partial charge in [0.15, 0.2) is 0 Å². The van der Waals surface area contributed by atoms with Crippen LogP contribution < -0.4 is 5.32 Å². The molecule has 1 aliphatic heterocycles. The number of nitrogens with zero attached hydrogens (tertiary/aromatic N) is 3. The average Bonchev–Trinajstić information content (AvgIpc) is 3.40. The maximum Gasteiger partial charge on any atom is 0.256 e. The number of benzene rings is 2. The first-order chi connectivity index (χ1) is 14.7. The predicted octanol–water partition coefficient (Wildman–Crippen LogP) is 4.08. The van der Waals surface area contributed by atoms with Crippen LogP contribution in [0.25, 0.3) is 0 Å². The lowest BCUT2D eigenvalue weighted by molar-refractivity contribution is 0.102. The molecule has 1 fully saturated rings. The summed E-state index contributed by atoms with van der Waals surface area (Å²) in [6.07, 6.45) is 5.98. The van der Waals surface area contributed by atoms with Crippen molar-refractivity contribution in [3.05, 3.63) is 83.3 Å². The van der Waals surface area contributed by atoms with Gasteiger partial charge in [0.2, 0.25) is 0 Å². The van der Waals surface area contributed by atoms with Crippen molar-refractivity contribution in [2.24, 2.45) is 0 Å². The lowest BCUT2D eigenvalue weighted by Crippen LogP contribution is -2.42. The SMILES string of the molecule is O=C(Nc1ccnn1C1CCN(C2Cc3ccccc3C2)CC1)c1cccc(F)c1. The van der Waals surface area contributed by atoms with Crippen LogP contribution in [0.4, 0.5) is 10.2 Å². The van der Waals surface area contributed by atoms with Gasteiger partial charge < -0.3 is 5.32 Å². The number of hydrogen-bond acceptors (Lipinski definition) is 3. The highest BCUT2D eigenvalue weighted by Crippen LogP contribution is 2.31. The number of aromatic nitrogens is 2. The zero-order valence-corrected chi connectivity index (χ0v) is 16.8. The van der Waals surface area contributed by atoms with Crippen LogP contribution in [-0.4, -0.2) is 39.7 Å². The number of rotatable bonds is 4. The molecule has 30 heavy (non-hydrogen) atoms. The molecular weight excluding hydrogens is 379 g/mol. The van der Waals surface area contributed by atoms with Gasteiger partial charge in [0, 0.05) is 30.8 Å². The molecule has 2 aliphatic rings. The minimum atomic E-state index is -0.419. The molecule has 0 saturated carbocycles. The number of likely N-dealkylation sites (tertiary alicyclic amines) is 1. The molecule has 0 atom stereocenters. The lowest BCUT2D eigenvalue weighted by Gasteiger charge is -2.36. The molecular formula is C24H25FN4O. The van der Waals surface area contributed by atoms with Crippen LogP contribution in [0.5, 0.6) is 0 Å². The molecule has 0 radical (unpaired) electrons. The van der Waals surface area contributed by atoms with Crippen molar-refractivity contribution < 1.29 is 9.18 Å².